The van der Waals surface area contributed by atoms with Crippen LogP contribution in [0.15, 0.2) is 0 Å². The molecule has 1 unspecified atom stereocenters. The van der Waals surface area contributed by atoms with E-state index in [0.717, 1.165) is 65.0 Å². The molecule has 5 heteroatoms. The van der Waals surface area contributed by atoms with Crippen molar-refractivity contribution in [3.8, 4) is 6.07 Å². The highest BCUT2D eigenvalue weighted by Crippen LogP contribution is 2.15. The molecule has 112 valence electrons. The van der Waals surface area contributed by atoms with Crippen LogP contribution in [-0.4, -0.2) is 66.0 Å². The minimum atomic E-state index is 0.0206. The van der Waals surface area contributed by atoms with Gasteiger partial charge < -0.3 is 9.80 Å². The van der Waals surface area contributed by atoms with Crippen molar-refractivity contribution in [2.75, 3.05) is 39.3 Å². The highest BCUT2D eigenvalue weighted by atomic mass is 16.2. The Morgan fingerprint density at radius 2 is 1.65 bits per heavy atom. The standard InChI is InChI=1S/C15H26N4O/c1-2-6-14(13-16)17-9-11-19(12-10-17)15(20)18-7-4-3-5-8-18/h14H,2-12H2,1H3. The van der Waals surface area contributed by atoms with E-state index in [4.69, 9.17) is 0 Å². The van der Waals surface area contributed by atoms with Gasteiger partial charge in [-0.2, -0.15) is 5.26 Å². The van der Waals surface area contributed by atoms with E-state index in [-0.39, 0.29) is 12.1 Å². The molecular weight excluding hydrogens is 252 g/mol. The molecule has 0 aromatic carbocycles. The minimum absolute atomic E-state index is 0.0206. The fourth-order valence-electron chi connectivity index (χ4n) is 3.11. The smallest absolute Gasteiger partial charge is 0.320 e. The molecular formula is C15H26N4O. The maximum absolute atomic E-state index is 12.4. The number of nitrogens with zero attached hydrogens (tertiary/aromatic N) is 4. The van der Waals surface area contributed by atoms with Crippen LogP contribution in [0.4, 0.5) is 4.79 Å². The summed E-state index contributed by atoms with van der Waals surface area (Å²) in [6.07, 6.45) is 5.48. The molecule has 0 saturated carbocycles. The van der Waals surface area contributed by atoms with Gasteiger partial charge in [0.15, 0.2) is 0 Å². The quantitative estimate of drug-likeness (QED) is 0.792. The van der Waals surface area contributed by atoms with E-state index in [1.165, 1.54) is 6.42 Å². The first-order chi connectivity index (χ1) is 9.76. The van der Waals surface area contributed by atoms with Crippen LogP contribution < -0.4 is 0 Å². The second-order valence-corrected chi connectivity index (χ2v) is 5.79. The lowest BCUT2D eigenvalue weighted by Gasteiger charge is -2.39. The van der Waals surface area contributed by atoms with Crippen LogP contribution >= 0.6 is 0 Å². The molecule has 0 aromatic rings. The number of likely N-dealkylation sites (tertiary alicyclic amines) is 1. The molecule has 5 nitrogen and oxygen atoms in total. The molecule has 0 aliphatic carbocycles. The average molecular weight is 278 g/mol. The van der Waals surface area contributed by atoms with Gasteiger partial charge in [-0.25, -0.2) is 4.79 Å². The van der Waals surface area contributed by atoms with Crippen molar-refractivity contribution in [2.24, 2.45) is 0 Å². The van der Waals surface area contributed by atoms with Gasteiger partial charge in [0.2, 0.25) is 0 Å². The number of rotatable bonds is 3. The van der Waals surface area contributed by atoms with Crippen LogP contribution in [0.3, 0.4) is 0 Å². The van der Waals surface area contributed by atoms with Crippen molar-refractivity contribution < 1.29 is 4.79 Å². The summed E-state index contributed by atoms with van der Waals surface area (Å²) >= 11 is 0. The first kappa shape index (κ1) is 15.1. The highest BCUT2D eigenvalue weighted by molar-refractivity contribution is 5.74. The number of hydrogen-bond donors (Lipinski definition) is 0. The molecule has 0 radical (unpaired) electrons. The number of piperazine rings is 1. The van der Waals surface area contributed by atoms with Crippen LogP contribution in [-0.2, 0) is 0 Å². The molecule has 2 saturated heterocycles. The molecule has 0 spiro atoms. The Kier molecular flexibility index (Phi) is 5.66. The van der Waals surface area contributed by atoms with Gasteiger partial charge in [-0.1, -0.05) is 13.3 Å². The molecule has 2 aliphatic rings. The van der Waals surface area contributed by atoms with E-state index in [0.29, 0.717) is 0 Å². The fourth-order valence-corrected chi connectivity index (χ4v) is 3.11. The van der Waals surface area contributed by atoms with Crippen molar-refractivity contribution in [3.63, 3.8) is 0 Å². The summed E-state index contributed by atoms with van der Waals surface area (Å²) in [6.45, 7) is 7.12. The van der Waals surface area contributed by atoms with E-state index in [9.17, 15) is 10.1 Å². The van der Waals surface area contributed by atoms with Crippen molar-refractivity contribution >= 4 is 6.03 Å². The SMILES string of the molecule is CCCC(C#N)N1CCN(C(=O)N2CCCCC2)CC1. The van der Waals surface area contributed by atoms with Crippen molar-refractivity contribution in [2.45, 2.75) is 45.1 Å². The van der Waals surface area contributed by atoms with E-state index < -0.39 is 0 Å². The van der Waals surface area contributed by atoms with Gasteiger partial charge in [0.25, 0.3) is 0 Å². The third-order valence-electron chi connectivity index (χ3n) is 4.36. The maximum Gasteiger partial charge on any atom is 0.320 e. The van der Waals surface area contributed by atoms with E-state index >= 15 is 0 Å². The Morgan fingerprint density at radius 3 is 2.20 bits per heavy atom. The predicted molar refractivity (Wildman–Crippen MR) is 78.3 cm³/mol. The first-order valence-electron chi connectivity index (χ1n) is 7.93. The average Bonchev–Trinajstić information content (AvgIpc) is 2.53. The molecule has 2 aliphatic heterocycles. The number of carbonyl (C=O) groups excluding carboxylic acids is 1. The topological polar surface area (TPSA) is 50.6 Å². The molecule has 2 heterocycles. The van der Waals surface area contributed by atoms with E-state index in [1.54, 1.807) is 0 Å². The zero-order valence-electron chi connectivity index (χ0n) is 12.6. The number of urea groups is 1. The van der Waals surface area contributed by atoms with Crippen molar-refractivity contribution in [1.29, 1.82) is 5.26 Å². The van der Waals surface area contributed by atoms with Gasteiger partial charge in [-0.15, -0.1) is 0 Å². The lowest BCUT2D eigenvalue weighted by atomic mass is 10.1. The highest BCUT2D eigenvalue weighted by Gasteiger charge is 2.28. The van der Waals surface area contributed by atoms with E-state index in [1.807, 2.05) is 9.80 Å². The van der Waals surface area contributed by atoms with Gasteiger partial charge in [0, 0.05) is 39.3 Å². The number of amides is 2. The monoisotopic (exact) mass is 278 g/mol. The summed E-state index contributed by atoms with van der Waals surface area (Å²) in [7, 11) is 0. The third kappa shape index (κ3) is 3.63. The normalized spacial score (nSPS) is 22.4. The van der Waals surface area contributed by atoms with Gasteiger partial charge in [-0.3, -0.25) is 4.90 Å². The Balaban J connectivity index is 1.81. The van der Waals surface area contributed by atoms with Crippen LogP contribution in [0, 0.1) is 11.3 Å². The van der Waals surface area contributed by atoms with Gasteiger partial charge in [0.05, 0.1) is 12.1 Å². The minimum Gasteiger partial charge on any atom is -0.325 e. The zero-order valence-corrected chi connectivity index (χ0v) is 12.6. The number of nitriles is 1. The molecule has 20 heavy (non-hydrogen) atoms. The van der Waals surface area contributed by atoms with Gasteiger partial charge in [0.1, 0.15) is 0 Å². The Labute approximate surface area is 122 Å². The van der Waals surface area contributed by atoms with Gasteiger partial charge >= 0.3 is 6.03 Å². The van der Waals surface area contributed by atoms with E-state index in [2.05, 4.69) is 17.9 Å². The molecule has 2 rings (SSSR count). The summed E-state index contributed by atoms with van der Waals surface area (Å²) in [5.74, 6) is 0. The summed E-state index contributed by atoms with van der Waals surface area (Å²) in [4.78, 5) is 18.6. The van der Waals surface area contributed by atoms with Crippen molar-refractivity contribution in [1.82, 2.24) is 14.7 Å². The summed E-state index contributed by atoms with van der Waals surface area (Å²) in [5, 5.41) is 9.21. The largest absolute Gasteiger partial charge is 0.325 e. The fraction of sp³-hybridized carbons (Fsp3) is 0.867. The number of piperidine rings is 1. The maximum atomic E-state index is 12.4. The Morgan fingerprint density at radius 1 is 1.05 bits per heavy atom. The van der Waals surface area contributed by atoms with Gasteiger partial charge in [-0.05, 0) is 25.7 Å². The summed E-state index contributed by atoms with van der Waals surface area (Å²) < 4.78 is 0. The zero-order chi connectivity index (χ0) is 14.4. The van der Waals surface area contributed by atoms with Crippen LogP contribution in [0.25, 0.3) is 0 Å². The summed E-state index contributed by atoms with van der Waals surface area (Å²) in [6, 6.07) is 2.61. The first-order valence-corrected chi connectivity index (χ1v) is 7.93. The van der Waals surface area contributed by atoms with Crippen molar-refractivity contribution in [3.05, 3.63) is 0 Å². The molecule has 0 N–H and O–H groups in total. The van der Waals surface area contributed by atoms with Crippen LogP contribution in [0.5, 0.6) is 0 Å². The lowest BCUT2D eigenvalue weighted by molar-refractivity contribution is 0.0961. The second-order valence-electron chi connectivity index (χ2n) is 5.79. The predicted octanol–water partition coefficient (Wildman–Crippen LogP) is 1.90. The Hall–Kier alpha value is -1.28. The number of hydrogen-bond acceptors (Lipinski definition) is 3. The van der Waals surface area contributed by atoms with Crippen LogP contribution in [0.2, 0.25) is 0 Å². The molecule has 0 aromatic heterocycles. The number of carbonyl (C=O) groups is 1. The lowest BCUT2D eigenvalue weighted by Crippen LogP contribution is -2.55. The molecule has 0 bridgehead atoms. The molecule has 2 amide bonds. The third-order valence-corrected chi connectivity index (χ3v) is 4.36. The summed E-state index contributed by atoms with van der Waals surface area (Å²) in [5.41, 5.74) is 0. The Bertz CT molecular complexity index is 351. The molecule has 2 fully saturated rings. The molecule has 1 atom stereocenters. The van der Waals surface area contributed by atoms with Crippen LogP contribution in [0.1, 0.15) is 39.0 Å². The second kappa shape index (κ2) is 7.49.